The molecule has 0 saturated heterocycles. The molecule has 1 saturated carbocycles. The van der Waals surface area contributed by atoms with Crippen molar-refractivity contribution in [2.24, 2.45) is 5.92 Å². The molecule has 1 fully saturated rings. The standard InChI is InChI=1S/C22H26N2O3S/c1-2-16-6-3-10-19(14-16)23-28(26,27)20-11-12-21-18(15-20)9-5-13-24(21)22(25)17-7-4-8-17/h3,6,10-12,14-15,17,23H,2,4-5,7-9,13H2,1H3. The third kappa shape index (κ3) is 3.65. The Morgan fingerprint density at radius 3 is 2.68 bits per heavy atom. The van der Waals surface area contributed by atoms with Gasteiger partial charge in [-0.15, -0.1) is 0 Å². The highest BCUT2D eigenvalue weighted by atomic mass is 32.2. The van der Waals surface area contributed by atoms with E-state index >= 15 is 0 Å². The molecule has 1 aliphatic heterocycles. The van der Waals surface area contributed by atoms with Crippen molar-refractivity contribution in [3.05, 3.63) is 53.6 Å². The molecule has 0 bridgehead atoms. The van der Waals surface area contributed by atoms with Crippen molar-refractivity contribution in [2.75, 3.05) is 16.2 Å². The molecule has 1 aliphatic carbocycles. The predicted molar refractivity (Wildman–Crippen MR) is 111 cm³/mol. The van der Waals surface area contributed by atoms with Crippen molar-refractivity contribution in [3.63, 3.8) is 0 Å². The zero-order valence-corrected chi connectivity index (χ0v) is 17.0. The SMILES string of the molecule is CCc1cccc(NS(=O)(=O)c2ccc3c(c2)CCCN3C(=O)C2CCC2)c1. The smallest absolute Gasteiger partial charge is 0.261 e. The number of benzene rings is 2. The Morgan fingerprint density at radius 2 is 1.96 bits per heavy atom. The molecule has 148 valence electrons. The summed E-state index contributed by atoms with van der Waals surface area (Å²) >= 11 is 0. The molecular weight excluding hydrogens is 372 g/mol. The van der Waals surface area contributed by atoms with Crippen LogP contribution in [0.1, 0.15) is 43.7 Å². The van der Waals surface area contributed by atoms with E-state index in [-0.39, 0.29) is 16.7 Å². The maximum atomic E-state index is 12.9. The lowest BCUT2D eigenvalue weighted by molar-refractivity contribution is -0.124. The van der Waals surface area contributed by atoms with Gasteiger partial charge in [0.25, 0.3) is 10.0 Å². The van der Waals surface area contributed by atoms with E-state index in [1.807, 2.05) is 30.0 Å². The lowest BCUT2D eigenvalue weighted by Crippen LogP contribution is -2.41. The van der Waals surface area contributed by atoms with Crippen molar-refractivity contribution >= 4 is 27.3 Å². The quantitative estimate of drug-likeness (QED) is 0.823. The second-order valence-corrected chi connectivity index (χ2v) is 9.35. The van der Waals surface area contributed by atoms with Gasteiger partial charge in [-0.25, -0.2) is 8.42 Å². The third-order valence-electron chi connectivity index (χ3n) is 5.79. The monoisotopic (exact) mass is 398 g/mol. The molecule has 1 amide bonds. The predicted octanol–water partition coefficient (Wildman–Crippen LogP) is 4.13. The lowest BCUT2D eigenvalue weighted by atomic mass is 9.83. The number of carbonyl (C=O) groups is 1. The van der Waals surface area contributed by atoms with Crippen LogP contribution in [-0.4, -0.2) is 20.9 Å². The number of aryl methyl sites for hydroxylation is 2. The molecule has 6 heteroatoms. The van der Waals surface area contributed by atoms with Crippen LogP contribution in [0.25, 0.3) is 0 Å². The molecule has 1 heterocycles. The van der Waals surface area contributed by atoms with Crippen LogP contribution < -0.4 is 9.62 Å². The van der Waals surface area contributed by atoms with Gasteiger partial charge >= 0.3 is 0 Å². The van der Waals surface area contributed by atoms with Crippen LogP contribution in [0.15, 0.2) is 47.4 Å². The van der Waals surface area contributed by atoms with Crippen molar-refractivity contribution in [1.29, 1.82) is 0 Å². The largest absolute Gasteiger partial charge is 0.312 e. The van der Waals surface area contributed by atoms with Crippen LogP contribution >= 0.6 is 0 Å². The van der Waals surface area contributed by atoms with Crippen LogP contribution in [0.2, 0.25) is 0 Å². The first kappa shape index (κ1) is 19.0. The highest BCUT2D eigenvalue weighted by Gasteiger charge is 2.32. The highest BCUT2D eigenvalue weighted by Crippen LogP contribution is 2.35. The zero-order valence-electron chi connectivity index (χ0n) is 16.1. The summed E-state index contributed by atoms with van der Waals surface area (Å²) in [5.41, 5.74) is 3.45. The summed E-state index contributed by atoms with van der Waals surface area (Å²) in [6.45, 7) is 2.75. The van der Waals surface area contributed by atoms with Crippen LogP contribution in [0.3, 0.4) is 0 Å². The number of nitrogens with zero attached hydrogens (tertiary/aromatic N) is 1. The maximum absolute atomic E-state index is 12.9. The van der Waals surface area contributed by atoms with Gasteiger partial charge in [0.15, 0.2) is 0 Å². The first-order valence-electron chi connectivity index (χ1n) is 10.0. The number of rotatable bonds is 5. The first-order chi connectivity index (χ1) is 13.5. The molecule has 2 aliphatic rings. The Labute approximate surface area is 166 Å². The van der Waals surface area contributed by atoms with E-state index in [9.17, 15) is 13.2 Å². The van der Waals surface area contributed by atoms with Gasteiger partial charge in [-0.1, -0.05) is 25.5 Å². The Kier molecular flexibility index (Phi) is 5.15. The summed E-state index contributed by atoms with van der Waals surface area (Å²) in [6, 6.07) is 12.6. The van der Waals surface area contributed by atoms with Gasteiger partial charge in [0.2, 0.25) is 5.91 Å². The number of carbonyl (C=O) groups excluding carboxylic acids is 1. The number of hydrogen-bond acceptors (Lipinski definition) is 3. The summed E-state index contributed by atoms with van der Waals surface area (Å²) < 4.78 is 28.4. The van der Waals surface area contributed by atoms with Crippen molar-refractivity contribution in [2.45, 2.75) is 50.3 Å². The maximum Gasteiger partial charge on any atom is 0.261 e. The van der Waals surface area contributed by atoms with Crippen LogP contribution in [0.5, 0.6) is 0 Å². The molecular formula is C22H26N2O3S. The van der Waals surface area contributed by atoms with Gasteiger partial charge in [0.1, 0.15) is 0 Å². The number of anilines is 2. The van der Waals surface area contributed by atoms with E-state index in [0.717, 1.165) is 61.9 Å². The van der Waals surface area contributed by atoms with E-state index < -0.39 is 10.0 Å². The molecule has 2 aromatic carbocycles. The number of fused-ring (bicyclic) bond motifs is 1. The minimum absolute atomic E-state index is 0.141. The number of amides is 1. The van der Waals surface area contributed by atoms with E-state index in [0.29, 0.717) is 5.69 Å². The van der Waals surface area contributed by atoms with Gasteiger partial charge in [0.05, 0.1) is 4.90 Å². The Hall–Kier alpha value is -2.34. The van der Waals surface area contributed by atoms with Crippen LogP contribution in [-0.2, 0) is 27.7 Å². The Balaban J connectivity index is 1.59. The van der Waals surface area contributed by atoms with E-state index in [2.05, 4.69) is 4.72 Å². The average Bonchev–Trinajstić information content (AvgIpc) is 2.65. The molecule has 1 N–H and O–H groups in total. The van der Waals surface area contributed by atoms with Crippen LogP contribution in [0.4, 0.5) is 11.4 Å². The fourth-order valence-corrected chi connectivity index (χ4v) is 5.01. The normalized spacial score (nSPS) is 17.0. The zero-order chi connectivity index (χ0) is 19.7. The van der Waals surface area contributed by atoms with Gasteiger partial charge in [-0.05, 0) is 73.6 Å². The Bertz CT molecular complexity index is 997. The Morgan fingerprint density at radius 1 is 1.14 bits per heavy atom. The van der Waals surface area contributed by atoms with Gasteiger partial charge in [0, 0.05) is 23.8 Å². The van der Waals surface area contributed by atoms with Crippen molar-refractivity contribution < 1.29 is 13.2 Å². The van der Waals surface area contributed by atoms with Gasteiger partial charge in [-0.2, -0.15) is 0 Å². The fourth-order valence-electron chi connectivity index (χ4n) is 3.91. The summed E-state index contributed by atoms with van der Waals surface area (Å²) in [4.78, 5) is 14.8. The number of sulfonamides is 1. The van der Waals surface area contributed by atoms with Crippen LogP contribution in [0, 0.1) is 5.92 Å². The number of hydrogen-bond donors (Lipinski definition) is 1. The van der Waals surface area contributed by atoms with Crippen molar-refractivity contribution in [3.8, 4) is 0 Å². The molecule has 28 heavy (non-hydrogen) atoms. The molecule has 2 aromatic rings. The van der Waals surface area contributed by atoms with E-state index in [1.54, 1.807) is 24.3 Å². The molecule has 0 radical (unpaired) electrons. The fraction of sp³-hybridized carbons (Fsp3) is 0.409. The summed E-state index contributed by atoms with van der Waals surface area (Å²) in [5.74, 6) is 0.333. The van der Waals surface area contributed by atoms with E-state index in [1.165, 1.54) is 0 Å². The number of nitrogens with one attached hydrogen (secondary N) is 1. The third-order valence-corrected chi connectivity index (χ3v) is 7.17. The molecule has 4 rings (SSSR count). The lowest BCUT2D eigenvalue weighted by Gasteiger charge is -2.35. The minimum atomic E-state index is -3.67. The van der Waals surface area contributed by atoms with Crippen molar-refractivity contribution in [1.82, 2.24) is 0 Å². The second kappa shape index (κ2) is 7.59. The summed E-state index contributed by atoms with van der Waals surface area (Å²) in [7, 11) is -3.67. The second-order valence-electron chi connectivity index (χ2n) is 7.67. The van der Waals surface area contributed by atoms with E-state index in [4.69, 9.17) is 0 Å². The molecule has 0 aromatic heterocycles. The summed E-state index contributed by atoms with van der Waals surface area (Å²) in [5, 5.41) is 0. The highest BCUT2D eigenvalue weighted by molar-refractivity contribution is 7.92. The molecule has 0 spiro atoms. The topological polar surface area (TPSA) is 66.5 Å². The average molecular weight is 399 g/mol. The minimum Gasteiger partial charge on any atom is -0.312 e. The molecule has 0 atom stereocenters. The summed E-state index contributed by atoms with van der Waals surface area (Å²) in [6.07, 6.45) is 5.56. The molecule has 5 nitrogen and oxygen atoms in total. The van der Waals surface area contributed by atoms with Gasteiger partial charge < -0.3 is 4.90 Å². The first-order valence-corrected chi connectivity index (χ1v) is 11.5. The van der Waals surface area contributed by atoms with Gasteiger partial charge in [-0.3, -0.25) is 9.52 Å². The molecule has 0 unspecified atom stereocenters.